The van der Waals surface area contributed by atoms with Gasteiger partial charge in [-0.3, -0.25) is 14.0 Å². The lowest BCUT2D eigenvalue weighted by Gasteiger charge is -2.09. The van der Waals surface area contributed by atoms with E-state index in [1.807, 2.05) is 0 Å². The summed E-state index contributed by atoms with van der Waals surface area (Å²) in [6.45, 7) is 1.51. The van der Waals surface area contributed by atoms with Crippen molar-refractivity contribution in [2.45, 2.75) is 45.1 Å². The van der Waals surface area contributed by atoms with Gasteiger partial charge in [-0.05, 0) is 30.0 Å². The number of anilines is 1. The first-order valence-corrected chi connectivity index (χ1v) is 12.1. The van der Waals surface area contributed by atoms with E-state index >= 15 is 0 Å². The molecule has 0 aliphatic rings. The minimum atomic E-state index is -4.74. The van der Waals surface area contributed by atoms with Crippen LogP contribution in [0.2, 0.25) is 0 Å². The molecule has 0 radical (unpaired) electrons. The van der Waals surface area contributed by atoms with Gasteiger partial charge in [0.05, 0.1) is 30.0 Å². The van der Waals surface area contributed by atoms with E-state index in [9.17, 15) is 40.3 Å². The first kappa shape index (κ1) is 32.9. The van der Waals surface area contributed by atoms with Crippen molar-refractivity contribution in [3.63, 3.8) is 0 Å². The lowest BCUT2D eigenvalue weighted by molar-refractivity contribution is -0.138. The number of rotatable bonds is 7. The number of unbranched alkanes of at least 4 members (excludes halogenated alkanes) is 2. The molecule has 0 spiro atoms. The number of alkyl halides is 6. The van der Waals surface area contributed by atoms with Crippen molar-refractivity contribution >= 4 is 16.5 Å². The van der Waals surface area contributed by atoms with E-state index in [2.05, 4.69) is 22.0 Å². The number of halogens is 7. The predicted molar refractivity (Wildman–Crippen MR) is 140 cm³/mol. The van der Waals surface area contributed by atoms with Crippen molar-refractivity contribution in [1.29, 1.82) is 0 Å². The standard InChI is InChI=1S/C20H20F3N3O.C5H4F3N3O.CH3F/c1-2-3-4-6-26-7-5-13-8-16(17(22)9-15(13)20(26)27)19-24-11-14(12-25-19)18(23)10-21;6-5(7,8)3-2(9)1-10-11-4(3)12;1-2/h5,7-9,11-12,18H,2-4,6,10H2,1H3;1H,(H3,9,11,12);1H3. The molecule has 222 valence electrons. The summed E-state index contributed by atoms with van der Waals surface area (Å²) < 4.78 is 87.3. The zero-order valence-electron chi connectivity index (χ0n) is 22.0. The largest absolute Gasteiger partial charge is 0.423 e. The second-order valence-corrected chi connectivity index (χ2v) is 8.43. The summed E-state index contributed by atoms with van der Waals surface area (Å²) in [5.74, 6) is -0.586. The van der Waals surface area contributed by atoms with Crippen molar-refractivity contribution in [2.24, 2.45) is 0 Å². The summed E-state index contributed by atoms with van der Waals surface area (Å²) in [7, 11) is 0.500. The Labute approximate surface area is 229 Å². The van der Waals surface area contributed by atoms with Gasteiger partial charge in [0.15, 0.2) is 12.0 Å². The lowest BCUT2D eigenvalue weighted by Crippen LogP contribution is -2.24. The molecule has 0 aliphatic carbocycles. The quantitative estimate of drug-likeness (QED) is 0.210. The Bertz CT molecular complexity index is 1540. The zero-order valence-corrected chi connectivity index (χ0v) is 22.0. The summed E-state index contributed by atoms with van der Waals surface area (Å²) in [5.41, 5.74) is 1.35. The fraction of sp³-hybridized carbons (Fsp3) is 0.346. The van der Waals surface area contributed by atoms with E-state index < -0.39 is 41.6 Å². The number of nitrogens with two attached hydrogens (primary N) is 1. The highest BCUT2D eigenvalue weighted by molar-refractivity contribution is 5.85. The Kier molecular flexibility index (Phi) is 12.0. The summed E-state index contributed by atoms with van der Waals surface area (Å²) >= 11 is 0. The molecule has 0 bridgehead atoms. The van der Waals surface area contributed by atoms with Crippen molar-refractivity contribution in [1.82, 2.24) is 24.7 Å². The van der Waals surface area contributed by atoms with Gasteiger partial charge in [0.2, 0.25) is 0 Å². The number of aromatic amines is 1. The van der Waals surface area contributed by atoms with Gasteiger partial charge in [-0.2, -0.15) is 18.3 Å². The molecule has 15 heteroatoms. The molecule has 3 N–H and O–H groups in total. The van der Waals surface area contributed by atoms with Gasteiger partial charge in [0.25, 0.3) is 11.1 Å². The maximum atomic E-state index is 14.6. The van der Waals surface area contributed by atoms with E-state index in [0.717, 1.165) is 37.9 Å². The van der Waals surface area contributed by atoms with Gasteiger partial charge >= 0.3 is 6.18 Å². The molecule has 0 amide bonds. The number of fused-ring (bicyclic) bond motifs is 1. The number of nitrogens with one attached hydrogen (secondary N) is 1. The fourth-order valence-electron chi connectivity index (χ4n) is 3.62. The third-order valence-corrected chi connectivity index (χ3v) is 5.65. The average Bonchev–Trinajstić information content (AvgIpc) is 2.95. The Morgan fingerprint density at radius 1 is 1.07 bits per heavy atom. The van der Waals surface area contributed by atoms with Gasteiger partial charge in [-0.15, -0.1) is 0 Å². The highest BCUT2D eigenvalue weighted by Gasteiger charge is 2.36. The first-order valence-electron chi connectivity index (χ1n) is 12.1. The van der Waals surface area contributed by atoms with Gasteiger partial charge in [-0.1, -0.05) is 19.8 Å². The molecule has 0 fully saturated rings. The summed E-state index contributed by atoms with van der Waals surface area (Å²) in [6.07, 6.45) is 1.14. The SMILES string of the molecule is CCCCCn1ccc2cc(-c3ncc(C(F)CF)cn3)c(F)cc2c1=O.CF.Nc1cn[nH]c(=O)c1C(F)(F)F. The average molecular weight is 589 g/mol. The van der Waals surface area contributed by atoms with E-state index in [0.29, 0.717) is 19.1 Å². The molecular formula is C26H27F7N6O2. The van der Waals surface area contributed by atoms with E-state index in [1.165, 1.54) is 12.1 Å². The van der Waals surface area contributed by atoms with Crippen molar-refractivity contribution < 1.29 is 30.7 Å². The molecule has 1 atom stereocenters. The number of aryl methyl sites for hydroxylation is 1. The Morgan fingerprint density at radius 3 is 2.27 bits per heavy atom. The molecule has 41 heavy (non-hydrogen) atoms. The van der Waals surface area contributed by atoms with Crippen LogP contribution in [0.15, 0.2) is 52.6 Å². The summed E-state index contributed by atoms with van der Waals surface area (Å²) in [6, 6.07) is 4.43. The third-order valence-electron chi connectivity index (χ3n) is 5.65. The molecule has 4 aromatic rings. The molecule has 1 unspecified atom stereocenters. The van der Waals surface area contributed by atoms with Crippen LogP contribution in [0.4, 0.5) is 36.4 Å². The van der Waals surface area contributed by atoms with Crippen LogP contribution in [0.25, 0.3) is 22.2 Å². The minimum Gasteiger partial charge on any atom is -0.397 e. The first-order chi connectivity index (χ1) is 19.5. The number of pyridine rings is 1. The molecule has 4 rings (SSSR count). The van der Waals surface area contributed by atoms with Crippen molar-refractivity contribution in [2.75, 3.05) is 19.6 Å². The number of H-pyrrole nitrogens is 1. The number of hydrogen-bond acceptors (Lipinski definition) is 6. The monoisotopic (exact) mass is 588 g/mol. The van der Waals surface area contributed by atoms with E-state index in [1.54, 1.807) is 21.9 Å². The second kappa shape index (κ2) is 14.9. The number of hydrogen-bond donors (Lipinski definition) is 2. The van der Waals surface area contributed by atoms with Crippen LogP contribution in [0.3, 0.4) is 0 Å². The Hall–Kier alpha value is -4.30. The summed E-state index contributed by atoms with van der Waals surface area (Å²) in [5, 5.41) is 5.59. The van der Waals surface area contributed by atoms with Gasteiger partial charge in [-0.25, -0.2) is 28.2 Å². The highest BCUT2D eigenvalue weighted by atomic mass is 19.4. The van der Waals surface area contributed by atoms with Crippen molar-refractivity contribution in [3.05, 3.63) is 80.6 Å². The van der Waals surface area contributed by atoms with Crippen LogP contribution in [0, 0.1) is 5.82 Å². The van der Waals surface area contributed by atoms with E-state index in [-0.39, 0.29) is 27.9 Å². The molecule has 3 aromatic heterocycles. The van der Waals surface area contributed by atoms with Gasteiger partial charge in [0, 0.05) is 30.7 Å². The zero-order chi connectivity index (χ0) is 30.7. The molecule has 0 saturated heterocycles. The van der Waals surface area contributed by atoms with Crippen LogP contribution in [0.5, 0.6) is 0 Å². The van der Waals surface area contributed by atoms with Crippen LogP contribution in [0.1, 0.15) is 43.5 Å². The number of nitrogens with zero attached hydrogens (tertiary/aromatic N) is 4. The molecule has 3 heterocycles. The topological polar surface area (TPSA) is 120 Å². The predicted octanol–water partition coefficient (Wildman–Crippen LogP) is 5.72. The number of benzene rings is 1. The maximum absolute atomic E-state index is 14.6. The molecular weight excluding hydrogens is 561 g/mol. The second-order valence-electron chi connectivity index (χ2n) is 8.43. The molecule has 0 aliphatic heterocycles. The van der Waals surface area contributed by atoms with Crippen LogP contribution < -0.4 is 16.9 Å². The Morgan fingerprint density at radius 2 is 1.73 bits per heavy atom. The molecule has 0 saturated carbocycles. The maximum Gasteiger partial charge on any atom is 0.423 e. The van der Waals surface area contributed by atoms with Gasteiger partial charge in [0.1, 0.15) is 18.1 Å². The number of aromatic nitrogens is 5. The Balaban J connectivity index is 0.000000352. The van der Waals surface area contributed by atoms with E-state index in [4.69, 9.17) is 5.73 Å². The van der Waals surface area contributed by atoms with Crippen LogP contribution in [-0.2, 0) is 12.7 Å². The lowest BCUT2D eigenvalue weighted by atomic mass is 10.1. The fourth-order valence-corrected chi connectivity index (χ4v) is 3.62. The smallest absolute Gasteiger partial charge is 0.397 e. The van der Waals surface area contributed by atoms with Crippen LogP contribution in [-0.4, -0.2) is 38.6 Å². The summed E-state index contributed by atoms with van der Waals surface area (Å²) in [4.78, 5) is 31.0. The normalized spacial score (nSPS) is 11.7. The molecule has 8 nitrogen and oxygen atoms in total. The van der Waals surface area contributed by atoms with Crippen LogP contribution >= 0.6 is 0 Å². The molecule has 1 aromatic carbocycles. The van der Waals surface area contributed by atoms with Gasteiger partial charge < -0.3 is 10.3 Å². The van der Waals surface area contributed by atoms with Crippen molar-refractivity contribution in [3.8, 4) is 11.4 Å². The highest BCUT2D eigenvalue weighted by Crippen LogP contribution is 2.29. The minimum absolute atomic E-state index is 0.00240. The number of nitrogen functional groups attached to an aromatic ring is 1. The third kappa shape index (κ3) is 8.35.